The first kappa shape index (κ1) is 16.7. The maximum absolute atomic E-state index is 11.7. The highest BCUT2D eigenvalue weighted by molar-refractivity contribution is 9.10. The standard InChI is InChI=1S/C15H16BrO3S/c1-20(2)11-3-4-15(18)19-10-9-14(17)12-5-7-13(16)8-6-12/h3-10H,11H2,1-2H3/q+1/b4-3+,10-9+. The third kappa shape index (κ3) is 6.73. The van der Waals surface area contributed by atoms with Gasteiger partial charge in [0.2, 0.25) is 0 Å². The molecule has 5 heteroatoms. The third-order valence-electron chi connectivity index (χ3n) is 2.22. The van der Waals surface area contributed by atoms with E-state index >= 15 is 0 Å². The van der Waals surface area contributed by atoms with Crippen molar-refractivity contribution in [1.29, 1.82) is 0 Å². The quantitative estimate of drug-likeness (QED) is 0.259. The monoisotopic (exact) mass is 355 g/mol. The zero-order chi connectivity index (χ0) is 15.0. The lowest BCUT2D eigenvalue weighted by Gasteiger charge is -1.96. The van der Waals surface area contributed by atoms with Crippen LogP contribution in [0.4, 0.5) is 0 Å². The average Bonchev–Trinajstić information content (AvgIpc) is 2.39. The first-order valence-electron chi connectivity index (χ1n) is 5.87. The van der Waals surface area contributed by atoms with Crippen LogP contribution < -0.4 is 0 Å². The number of carbonyl (C=O) groups is 2. The van der Waals surface area contributed by atoms with Gasteiger partial charge >= 0.3 is 5.97 Å². The van der Waals surface area contributed by atoms with Crippen LogP contribution >= 0.6 is 15.9 Å². The predicted molar refractivity (Wildman–Crippen MR) is 86.9 cm³/mol. The molecule has 0 aliphatic heterocycles. The largest absolute Gasteiger partial charge is 0.431 e. The summed E-state index contributed by atoms with van der Waals surface area (Å²) in [6.07, 6.45) is 9.68. The van der Waals surface area contributed by atoms with Gasteiger partial charge in [0.05, 0.1) is 18.8 Å². The normalized spacial score (nSPS) is 11.4. The highest BCUT2D eigenvalue weighted by Crippen LogP contribution is 2.11. The maximum Gasteiger partial charge on any atom is 0.335 e. The number of ketones is 1. The van der Waals surface area contributed by atoms with E-state index in [2.05, 4.69) is 28.4 Å². The lowest BCUT2D eigenvalue weighted by atomic mass is 10.1. The molecule has 0 N–H and O–H groups in total. The van der Waals surface area contributed by atoms with Gasteiger partial charge in [0.15, 0.2) is 5.78 Å². The van der Waals surface area contributed by atoms with Gasteiger partial charge in [-0.15, -0.1) is 0 Å². The Kier molecular flexibility index (Phi) is 7.33. The number of esters is 1. The molecule has 0 fully saturated rings. The molecule has 20 heavy (non-hydrogen) atoms. The van der Waals surface area contributed by atoms with Crippen LogP contribution in [0.25, 0.3) is 0 Å². The summed E-state index contributed by atoms with van der Waals surface area (Å²) in [5.74, 6) is 0.157. The fourth-order valence-electron chi connectivity index (χ4n) is 1.25. The molecule has 1 rings (SSSR count). The Hall–Kier alpha value is -1.33. The van der Waals surface area contributed by atoms with E-state index in [9.17, 15) is 9.59 Å². The summed E-state index contributed by atoms with van der Waals surface area (Å²) in [6, 6.07) is 6.95. The average molecular weight is 356 g/mol. The summed E-state index contributed by atoms with van der Waals surface area (Å²) in [5, 5.41) is 0. The molecule has 1 aromatic rings. The second kappa shape index (κ2) is 8.76. The molecule has 0 aliphatic carbocycles. The van der Waals surface area contributed by atoms with Crippen LogP contribution in [0, 0.1) is 0 Å². The summed E-state index contributed by atoms with van der Waals surface area (Å²) in [4.78, 5) is 23.0. The van der Waals surface area contributed by atoms with Gasteiger partial charge < -0.3 is 4.74 Å². The smallest absolute Gasteiger partial charge is 0.335 e. The Morgan fingerprint density at radius 3 is 2.45 bits per heavy atom. The van der Waals surface area contributed by atoms with Crippen molar-refractivity contribution in [3.63, 3.8) is 0 Å². The van der Waals surface area contributed by atoms with Crippen LogP contribution in [-0.2, 0) is 20.4 Å². The Bertz CT molecular complexity index is 518. The van der Waals surface area contributed by atoms with Crippen molar-refractivity contribution in [1.82, 2.24) is 0 Å². The van der Waals surface area contributed by atoms with E-state index in [0.717, 1.165) is 16.5 Å². The minimum absolute atomic E-state index is 0.210. The number of hydrogen-bond acceptors (Lipinski definition) is 3. The molecular formula is C15H16BrO3S+. The molecular weight excluding hydrogens is 340 g/mol. The highest BCUT2D eigenvalue weighted by Gasteiger charge is 2.02. The van der Waals surface area contributed by atoms with Gasteiger partial charge in [-0.1, -0.05) is 15.9 Å². The summed E-state index contributed by atoms with van der Waals surface area (Å²) in [5.41, 5.74) is 0.539. The zero-order valence-corrected chi connectivity index (χ0v) is 13.7. The molecule has 0 saturated carbocycles. The van der Waals surface area contributed by atoms with Crippen LogP contribution in [-0.4, -0.2) is 30.0 Å². The van der Waals surface area contributed by atoms with Gasteiger partial charge in [-0.25, -0.2) is 4.79 Å². The lowest BCUT2D eigenvalue weighted by molar-refractivity contribution is -0.132. The fourth-order valence-corrected chi connectivity index (χ4v) is 1.99. The summed E-state index contributed by atoms with van der Waals surface area (Å²) in [7, 11) is 0.257. The van der Waals surface area contributed by atoms with Crippen molar-refractivity contribution in [3.05, 3.63) is 58.8 Å². The molecule has 0 spiro atoms. The van der Waals surface area contributed by atoms with E-state index in [1.54, 1.807) is 30.3 Å². The molecule has 0 radical (unpaired) electrons. The van der Waals surface area contributed by atoms with E-state index in [4.69, 9.17) is 4.74 Å². The molecule has 0 saturated heterocycles. The van der Waals surface area contributed by atoms with Crippen molar-refractivity contribution in [2.45, 2.75) is 0 Å². The van der Waals surface area contributed by atoms with E-state index in [0.29, 0.717) is 5.56 Å². The Morgan fingerprint density at radius 2 is 1.85 bits per heavy atom. The third-order valence-corrected chi connectivity index (χ3v) is 3.60. The number of rotatable bonds is 6. The molecule has 0 amide bonds. The van der Waals surface area contributed by atoms with E-state index in [1.165, 1.54) is 12.2 Å². The van der Waals surface area contributed by atoms with Crippen molar-refractivity contribution in [3.8, 4) is 0 Å². The van der Waals surface area contributed by atoms with E-state index < -0.39 is 5.97 Å². The number of carbonyl (C=O) groups excluding carboxylic acids is 2. The second-order valence-corrected chi connectivity index (χ2v) is 7.39. The molecule has 0 unspecified atom stereocenters. The van der Waals surface area contributed by atoms with Crippen LogP contribution in [0.1, 0.15) is 10.4 Å². The highest BCUT2D eigenvalue weighted by atomic mass is 79.9. The van der Waals surface area contributed by atoms with Gasteiger partial charge in [0, 0.05) is 22.2 Å². The van der Waals surface area contributed by atoms with Gasteiger partial charge in [-0.2, -0.15) is 0 Å². The number of allylic oxidation sites excluding steroid dienone is 1. The minimum atomic E-state index is -0.477. The van der Waals surface area contributed by atoms with Gasteiger partial charge in [0.1, 0.15) is 5.75 Å². The predicted octanol–water partition coefficient (Wildman–Crippen LogP) is 3.12. The maximum atomic E-state index is 11.7. The van der Waals surface area contributed by atoms with Gasteiger partial charge in [-0.3, -0.25) is 4.79 Å². The van der Waals surface area contributed by atoms with Crippen molar-refractivity contribution in [2.24, 2.45) is 0 Å². The van der Waals surface area contributed by atoms with Crippen molar-refractivity contribution < 1.29 is 14.3 Å². The topological polar surface area (TPSA) is 43.4 Å². The Balaban J connectivity index is 2.44. The Morgan fingerprint density at radius 1 is 1.20 bits per heavy atom. The second-order valence-electron chi connectivity index (χ2n) is 4.17. The van der Waals surface area contributed by atoms with Gasteiger partial charge in [0.25, 0.3) is 0 Å². The van der Waals surface area contributed by atoms with E-state index in [1.807, 2.05) is 0 Å². The number of halogens is 1. The van der Waals surface area contributed by atoms with Crippen molar-refractivity contribution >= 4 is 38.6 Å². The first-order valence-corrected chi connectivity index (χ1v) is 8.87. The minimum Gasteiger partial charge on any atom is -0.431 e. The van der Waals surface area contributed by atoms with Crippen LogP contribution in [0.3, 0.4) is 0 Å². The van der Waals surface area contributed by atoms with Gasteiger partial charge in [-0.05, 0) is 41.2 Å². The molecule has 1 aromatic carbocycles. The van der Waals surface area contributed by atoms with Crippen LogP contribution in [0.15, 0.2) is 53.2 Å². The number of benzene rings is 1. The molecule has 106 valence electrons. The fraction of sp³-hybridized carbons (Fsp3) is 0.200. The molecule has 0 bridgehead atoms. The number of hydrogen-bond donors (Lipinski definition) is 0. The summed E-state index contributed by atoms with van der Waals surface area (Å²) in [6.45, 7) is 0. The molecule has 0 heterocycles. The Labute approximate surface area is 130 Å². The van der Waals surface area contributed by atoms with Crippen LogP contribution in [0.2, 0.25) is 0 Å². The summed E-state index contributed by atoms with van der Waals surface area (Å²) < 4.78 is 5.71. The van der Waals surface area contributed by atoms with Crippen molar-refractivity contribution in [2.75, 3.05) is 18.3 Å². The molecule has 3 nitrogen and oxygen atoms in total. The number of ether oxygens (including phenoxy) is 1. The van der Waals surface area contributed by atoms with E-state index in [-0.39, 0.29) is 16.7 Å². The lowest BCUT2D eigenvalue weighted by Crippen LogP contribution is -2.01. The van der Waals surface area contributed by atoms with Crippen LogP contribution in [0.5, 0.6) is 0 Å². The molecule has 0 aliphatic rings. The zero-order valence-electron chi connectivity index (χ0n) is 11.3. The molecule has 0 aromatic heterocycles. The first-order chi connectivity index (χ1) is 9.49. The molecule has 0 atom stereocenters. The SMILES string of the molecule is C[S+](C)C/C=C/C(=O)O/C=C/C(=O)c1ccc(Br)cc1. The summed E-state index contributed by atoms with van der Waals surface area (Å²) >= 11 is 3.29.